The van der Waals surface area contributed by atoms with Gasteiger partial charge >= 0.3 is 5.63 Å². The first kappa shape index (κ1) is 15.1. The van der Waals surface area contributed by atoms with E-state index < -0.39 is 23.0 Å². The van der Waals surface area contributed by atoms with Gasteiger partial charge in [0.05, 0.1) is 11.5 Å². The fraction of sp³-hybridized carbons (Fsp3) is 0.214. The number of benzene rings is 1. The van der Waals surface area contributed by atoms with Crippen molar-refractivity contribution >= 4 is 11.6 Å². The Balaban J connectivity index is 2.58. The summed E-state index contributed by atoms with van der Waals surface area (Å²) < 4.78 is 4.93. The minimum atomic E-state index is -0.908. The summed E-state index contributed by atoms with van der Waals surface area (Å²) >= 11 is 5.79. The molecule has 0 aliphatic rings. The normalized spacial score (nSPS) is 12.1. The van der Waals surface area contributed by atoms with E-state index in [2.05, 4.69) is 0 Å². The van der Waals surface area contributed by atoms with Crippen molar-refractivity contribution in [3.63, 3.8) is 0 Å². The van der Waals surface area contributed by atoms with Crippen molar-refractivity contribution in [1.82, 2.24) is 0 Å². The van der Waals surface area contributed by atoms with E-state index in [0.29, 0.717) is 10.6 Å². The Hall–Kier alpha value is -2.34. The number of hydrogen-bond acceptors (Lipinski definition) is 5. The second kappa shape index (κ2) is 5.97. The van der Waals surface area contributed by atoms with E-state index in [9.17, 15) is 20.0 Å². The fourth-order valence-corrected chi connectivity index (χ4v) is 2.26. The molecular formula is C14H12ClNO5. The molecule has 1 heterocycles. The van der Waals surface area contributed by atoms with Crippen LogP contribution >= 0.6 is 11.6 Å². The highest BCUT2D eigenvalue weighted by Crippen LogP contribution is 2.30. The molecule has 0 fully saturated rings. The van der Waals surface area contributed by atoms with Crippen LogP contribution in [0.5, 0.6) is 5.75 Å². The molecule has 110 valence electrons. The second-order valence-corrected chi connectivity index (χ2v) is 5.00. The van der Waals surface area contributed by atoms with Gasteiger partial charge in [-0.05, 0) is 24.6 Å². The lowest BCUT2D eigenvalue weighted by Crippen LogP contribution is -2.21. The van der Waals surface area contributed by atoms with Gasteiger partial charge in [-0.15, -0.1) is 0 Å². The first-order valence-corrected chi connectivity index (χ1v) is 6.47. The Labute approximate surface area is 124 Å². The molecule has 1 aromatic heterocycles. The Morgan fingerprint density at radius 2 is 2.00 bits per heavy atom. The lowest BCUT2D eigenvalue weighted by Gasteiger charge is -2.14. The van der Waals surface area contributed by atoms with E-state index in [1.807, 2.05) is 0 Å². The summed E-state index contributed by atoms with van der Waals surface area (Å²) in [6.45, 7) is 0.971. The summed E-state index contributed by atoms with van der Waals surface area (Å²) in [5.74, 6) is -0.989. The van der Waals surface area contributed by atoms with Gasteiger partial charge in [0, 0.05) is 16.0 Å². The minimum absolute atomic E-state index is 0.125. The zero-order valence-electron chi connectivity index (χ0n) is 11.1. The number of rotatable bonds is 4. The van der Waals surface area contributed by atoms with Crippen molar-refractivity contribution < 1.29 is 14.4 Å². The van der Waals surface area contributed by atoms with E-state index in [1.54, 1.807) is 24.3 Å². The van der Waals surface area contributed by atoms with Crippen LogP contribution < -0.4 is 5.63 Å². The SMILES string of the molecule is Cc1cc(O)c([C@@H](C[N+](=O)[O-])c2ccc(Cl)cc2)c(=O)o1. The Morgan fingerprint density at radius 3 is 2.52 bits per heavy atom. The van der Waals surface area contributed by atoms with Gasteiger partial charge in [0.15, 0.2) is 0 Å². The average Bonchev–Trinajstić information content (AvgIpc) is 2.37. The molecule has 21 heavy (non-hydrogen) atoms. The Bertz CT molecular complexity index is 723. The van der Waals surface area contributed by atoms with E-state index in [4.69, 9.17) is 16.0 Å². The molecule has 7 heteroatoms. The zero-order chi connectivity index (χ0) is 15.6. The molecule has 0 unspecified atom stereocenters. The maximum Gasteiger partial charge on any atom is 0.343 e. The van der Waals surface area contributed by atoms with Gasteiger partial charge in [-0.25, -0.2) is 4.79 Å². The van der Waals surface area contributed by atoms with Crippen LogP contribution in [0.4, 0.5) is 0 Å². The van der Waals surface area contributed by atoms with E-state index in [1.165, 1.54) is 13.0 Å². The number of aromatic hydroxyl groups is 1. The maximum atomic E-state index is 11.9. The zero-order valence-corrected chi connectivity index (χ0v) is 11.8. The topological polar surface area (TPSA) is 93.6 Å². The van der Waals surface area contributed by atoms with Crippen molar-refractivity contribution in [3.05, 3.63) is 72.8 Å². The number of nitrogens with zero attached hydrogens (tertiary/aromatic N) is 1. The van der Waals surface area contributed by atoms with Gasteiger partial charge in [-0.3, -0.25) is 10.1 Å². The molecule has 2 rings (SSSR count). The average molecular weight is 310 g/mol. The Kier molecular flexibility index (Phi) is 4.28. The lowest BCUT2D eigenvalue weighted by atomic mass is 9.92. The van der Waals surface area contributed by atoms with Crippen molar-refractivity contribution in [2.75, 3.05) is 6.54 Å². The van der Waals surface area contributed by atoms with Crippen LogP contribution in [0.2, 0.25) is 5.02 Å². The molecule has 0 radical (unpaired) electrons. The van der Waals surface area contributed by atoms with Crippen molar-refractivity contribution in [3.8, 4) is 5.75 Å². The highest BCUT2D eigenvalue weighted by molar-refractivity contribution is 6.30. The summed E-state index contributed by atoms with van der Waals surface area (Å²) in [6, 6.07) is 7.55. The number of hydrogen-bond donors (Lipinski definition) is 1. The Morgan fingerprint density at radius 1 is 1.38 bits per heavy atom. The molecule has 0 spiro atoms. The van der Waals surface area contributed by atoms with Gasteiger partial charge < -0.3 is 9.52 Å². The summed E-state index contributed by atoms with van der Waals surface area (Å²) in [5, 5.41) is 21.3. The predicted molar refractivity (Wildman–Crippen MR) is 76.5 cm³/mol. The third kappa shape index (κ3) is 3.41. The lowest BCUT2D eigenvalue weighted by molar-refractivity contribution is -0.481. The molecule has 0 saturated carbocycles. The van der Waals surface area contributed by atoms with Gasteiger partial charge in [-0.2, -0.15) is 0 Å². The van der Waals surface area contributed by atoms with Gasteiger partial charge in [-0.1, -0.05) is 23.7 Å². The number of halogens is 1. The van der Waals surface area contributed by atoms with Crippen molar-refractivity contribution in [2.45, 2.75) is 12.8 Å². The molecule has 0 aliphatic heterocycles. The largest absolute Gasteiger partial charge is 0.507 e. The molecular weight excluding hydrogens is 298 g/mol. The minimum Gasteiger partial charge on any atom is -0.507 e. The molecule has 6 nitrogen and oxygen atoms in total. The van der Waals surface area contributed by atoms with Crippen LogP contribution in [0, 0.1) is 17.0 Å². The molecule has 0 amide bonds. The number of aryl methyl sites for hydroxylation is 1. The monoisotopic (exact) mass is 309 g/mol. The summed E-state index contributed by atoms with van der Waals surface area (Å²) in [6.07, 6.45) is 0. The molecule has 0 aliphatic carbocycles. The molecule has 2 aromatic rings. The van der Waals surface area contributed by atoms with Gasteiger partial charge in [0.1, 0.15) is 11.5 Å². The van der Waals surface area contributed by atoms with Crippen LogP contribution in [0.15, 0.2) is 39.5 Å². The molecule has 1 N–H and O–H groups in total. The predicted octanol–water partition coefficient (Wildman–Crippen LogP) is 2.72. The number of nitro groups is 1. The van der Waals surface area contributed by atoms with Crippen LogP contribution in [-0.4, -0.2) is 16.6 Å². The van der Waals surface area contributed by atoms with Crippen LogP contribution in [-0.2, 0) is 0 Å². The standard InChI is InChI=1S/C14H12ClNO5/c1-8-6-12(17)13(14(18)21-8)11(7-16(19)20)9-2-4-10(15)5-3-9/h2-6,11,17H,7H2,1H3/t11-/m0/s1. The van der Waals surface area contributed by atoms with E-state index in [-0.39, 0.29) is 17.1 Å². The fourth-order valence-electron chi connectivity index (χ4n) is 2.13. The summed E-state index contributed by atoms with van der Waals surface area (Å²) in [5.41, 5.74) is -0.406. The third-order valence-corrected chi connectivity index (χ3v) is 3.29. The van der Waals surface area contributed by atoms with Crippen molar-refractivity contribution in [2.24, 2.45) is 0 Å². The molecule has 0 bridgehead atoms. The van der Waals surface area contributed by atoms with E-state index >= 15 is 0 Å². The molecule has 0 saturated heterocycles. The van der Waals surface area contributed by atoms with Gasteiger partial charge in [0.2, 0.25) is 6.54 Å². The molecule has 1 aromatic carbocycles. The first-order valence-electron chi connectivity index (χ1n) is 6.09. The smallest absolute Gasteiger partial charge is 0.343 e. The van der Waals surface area contributed by atoms with Crippen LogP contribution in [0.25, 0.3) is 0 Å². The highest BCUT2D eigenvalue weighted by atomic mass is 35.5. The third-order valence-electron chi connectivity index (χ3n) is 3.04. The van der Waals surface area contributed by atoms with E-state index in [0.717, 1.165) is 0 Å². The second-order valence-electron chi connectivity index (χ2n) is 4.56. The summed E-state index contributed by atoms with van der Waals surface area (Å²) in [7, 11) is 0. The van der Waals surface area contributed by atoms with Gasteiger partial charge in [0.25, 0.3) is 0 Å². The first-order chi connectivity index (χ1) is 9.88. The quantitative estimate of drug-likeness (QED) is 0.692. The highest BCUT2D eigenvalue weighted by Gasteiger charge is 2.27. The maximum absolute atomic E-state index is 11.9. The van der Waals surface area contributed by atoms with Crippen LogP contribution in [0.1, 0.15) is 22.8 Å². The molecule has 1 atom stereocenters. The summed E-state index contributed by atoms with van der Waals surface area (Å²) in [4.78, 5) is 22.3. The van der Waals surface area contributed by atoms with Crippen LogP contribution in [0.3, 0.4) is 0 Å². The van der Waals surface area contributed by atoms with Crippen molar-refractivity contribution in [1.29, 1.82) is 0 Å².